The predicted octanol–water partition coefficient (Wildman–Crippen LogP) is 3.24. The van der Waals surface area contributed by atoms with E-state index in [1.165, 1.54) is 4.31 Å². The summed E-state index contributed by atoms with van der Waals surface area (Å²) in [6.45, 7) is 5.26. The highest BCUT2D eigenvalue weighted by molar-refractivity contribution is 7.89. The van der Waals surface area contributed by atoms with E-state index in [1.54, 1.807) is 29.2 Å². The Balaban J connectivity index is 1.47. The lowest BCUT2D eigenvalue weighted by molar-refractivity contribution is 0.0698. The highest BCUT2D eigenvalue weighted by Crippen LogP contribution is 2.21. The van der Waals surface area contributed by atoms with Gasteiger partial charge in [0.2, 0.25) is 10.0 Å². The summed E-state index contributed by atoms with van der Waals surface area (Å²) in [6, 6.07) is 16.4. The number of carbonyl (C=O) groups is 1. The number of carbonyl (C=O) groups excluding carboxylic acids is 1. The van der Waals surface area contributed by atoms with Crippen molar-refractivity contribution < 1.29 is 13.2 Å². The van der Waals surface area contributed by atoms with Crippen LogP contribution in [0.3, 0.4) is 0 Å². The first-order valence-corrected chi connectivity index (χ1v) is 11.4. The second-order valence-corrected chi connectivity index (χ2v) is 9.54. The minimum Gasteiger partial charge on any atom is -0.336 e. The van der Waals surface area contributed by atoms with Crippen LogP contribution in [0.25, 0.3) is 5.69 Å². The molecule has 0 aliphatic carbocycles. The van der Waals surface area contributed by atoms with E-state index < -0.39 is 10.0 Å². The fourth-order valence-electron chi connectivity index (χ4n) is 3.69. The zero-order valence-electron chi connectivity index (χ0n) is 17.2. The molecule has 7 heteroatoms. The Morgan fingerprint density at radius 3 is 2.13 bits per heavy atom. The molecule has 1 aromatic heterocycles. The van der Waals surface area contributed by atoms with Crippen LogP contribution in [0.1, 0.15) is 21.5 Å². The van der Waals surface area contributed by atoms with Crippen LogP contribution in [0.2, 0.25) is 0 Å². The van der Waals surface area contributed by atoms with Crippen LogP contribution in [-0.2, 0) is 10.0 Å². The number of piperazine rings is 1. The molecule has 0 radical (unpaired) electrons. The fraction of sp³-hybridized carbons (Fsp3) is 0.261. The van der Waals surface area contributed by atoms with Gasteiger partial charge in [-0.2, -0.15) is 4.31 Å². The number of aromatic nitrogens is 1. The Bertz CT molecular complexity index is 1140. The van der Waals surface area contributed by atoms with E-state index in [1.807, 2.05) is 61.1 Å². The minimum absolute atomic E-state index is 0.0733. The third-order valence-corrected chi connectivity index (χ3v) is 7.44. The van der Waals surface area contributed by atoms with Gasteiger partial charge in [0, 0.05) is 49.8 Å². The van der Waals surface area contributed by atoms with E-state index in [4.69, 9.17) is 0 Å². The average Bonchev–Trinajstić information content (AvgIpc) is 3.29. The number of benzene rings is 2. The first-order valence-electron chi connectivity index (χ1n) is 9.96. The van der Waals surface area contributed by atoms with Gasteiger partial charge in [0.1, 0.15) is 0 Å². The molecule has 0 atom stereocenters. The molecular weight excluding hydrogens is 398 g/mol. The van der Waals surface area contributed by atoms with Gasteiger partial charge in [-0.05, 0) is 55.8 Å². The van der Waals surface area contributed by atoms with Crippen molar-refractivity contribution in [3.8, 4) is 5.69 Å². The van der Waals surface area contributed by atoms with Crippen LogP contribution in [-0.4, -0.2) is 54.3 Å². The van der Waals surface area contributed by atoms with E-state index >= 15 is 0 Å². The molecule has 2 heterocycles. The molecule has 1 saturated heterocycles. The number of hydrogen-bond donors (Lipinski definition) is 0. The molecule has 1 aliphatic heterocycles. The predicted molar refractivity (Wildman–Crippen MR) is 116 cm³/mol. The normalized spacial score (nSPS) is 15.3. The molecule has 3 aromatic rings. The van der Waals surface area contributed by atoms with Gasteiger partial charge in [0.25, 0.3) is 5.91 Å². The maximum Gasteiger partial charge on any atom is 0.254 e. The van der Waals surface area contributed by atoms with Gasteiger partial charge < -0.3 is 9.47 Å². The zero-order valence-corrected chi connectivity index (χ0v) is 18.0. The van der Waals surface area contributed by atoms with Crippen molar-refractivity contribution >= 4 is 15.9 Å². The molecule has 1 fully saturated rings. The van der Waals surface area contributed by atoms with Crippen LogP contribution in [0.15, 0.2) is 71.9 Å². The van der Waals surface area contributed by atoms with Crippen molar-refractivity contribution in [2.45, 2.75) is 18.7 Å². The van der Waals surface area contributed by atoms with Gasteiger partial charge in [-0.1, -0.05) is 23.8 Å². The van der Waals surface area contributed by atoms with Crippen LogP contribution >= 0.6 is 0 Å². The molecule has 0 unspecified atom stereocenters. The van der Waals surface area contributed by atoms with Crippen molar-refractivity contribution in [3.05, 3.63) is 83.7 Å². The molecule has 0 spiro atoms. The molecule has 0 N–H and O–H groups in total. The van der Waals surface area contributed by atoms with Crippen LogP contribution in [0.4, 0.5) is 0 Å². The van der Waals surface area contributed by atoms with Crippen LogP contribution in [0.5, 0.6) is 0 Å². The summed E-state index contributed by atoms with van der Waals surface area (Å²) in [5.74, 6) is -0.0733. The topological polar surface area (TPSA) is 62.6 Å². The Hall–Kier alpha value is -2.90. The van der Waals surface area contributed by atoms with E-state index in [9.17, 15) is 13.2 Å². The molecule has 0 saturated carbocycles. The second kappa shape index (κ2) is 8.08. The lowest BCUT2D eigenvalue weighted by atomic mass is 10.1. The summed E-state index contributed by atoms with van der Waals surface area (Å²) in [5, 5.41) is 0. The van der Waals surface area contributed by atoms with Crippen molar-refractivity contribution in [2.24, 2.45) is 0 Å². The highest BCUT2D eigenvalue weighted by atomic mass is 32.2. The first-order chi connectivity index (χ1) is 14.4. The Morgan fingerprint density at radius 2 is 1.50 bits per heavy atom. The van der Waals surface area contributed by atoms with E-state index in [2.05, 4.69) is 0 Å². The summed E-state index contributed by atoms with van der Waals surface area (Å²) >= 11 is 0. The number of amides is 1. The molecule has 6 nitrogen and oxygen atoms in total. The Kier molecular flexibility index (Phi) is 5.49. The highest BCUT2D eigenvalue weighted by Gasteiger charge is 2.30. The maximum absolute atomic E-state index is 13.0. The number of nitrogens with zero attached hydrogens (tertiary/aromatic N) is 3. The van der Waals surface area contributed by atoms with Crippen molar-refractivity contribution in [3.63, 3.8) is 0 Å². The van der Waals surface area contributed by atoms with E-state index in [0.29, 0.717) is 23.5 Å². The quantitative estimate of drug-likeness (QED) is 0.647. The molecule has 4 rings (SSSR count). The van der Waals surface area contributed by atoms with Gasteiger partial charge in [0.05, 0.1) is 4.90 Å². The standard InChI is InChI=1S/C23H25N3O3S/c1-18-5-9-21(10-6-18)30(28,29)26-15-13-25(14-16-26)23(27)20-8-7-19(2)22(17-20)24-11-3-4-12-24/h3-12,17H,13-16H2,1-2H3. The minimum atomic E-state index is -3.54. The first kappa shape index (κ1) is 20.4. The van der Waals surface area contributed by atoms with Crippen molar-refractivity contribution in [2.75, 3.05) is 26.2 Å². The largest absolute Gasteiger partial charge is 0.336 e. The molecular formula is C23H25N3O3S. The van der Waals surface area contributed by atoms with E-state index in [0.717, 1.165) is 16.8 Å². The maximum atomic E-state index is 13.0. The molecule has 2 aromatic carbocycles. The van der Waals surface area contributed by atoms with Crippen molar-refractivity contribution in [1.82, 2.24) is 13.8 Å². The molecule has 1 amide bonds. The zero-order chi connectivity index (χ0) is 21.3. The third-order valence-electron chi connectivity index (χ3n) is 5.52. The number of aryl methyl sites for hydroxylation is 2. The molecule has 1 aliphatic rings. The monoisotopic (exact) mass is 423 g/mol. The summed E-state index contributed by atoms with van der Waals surface area (Å²) < 4.78 is 29.2. The Labute approximate surface area is 177 Å². The van der Waals surface area contributed by atoms with Gasteiger partial charge in [0.15, 0.2) is 0 Å². The molecule has 0 bridgehead atoms. The van der Waals surface area contributed by atoms with Gasteiger partial charge in [-0.25, -0.2) is 8.42 Å². The summed E-state index contributed by atoms with van der Waals surface area (Å²) in [7, 11) is -3.54. The number of rotatable bonds is 4. The number of sulfonamides is 1. The summed E-state index contributed by atoms with van der Waals surface area (Å²) in [4.78, 5) is 15.1. The molecule has 156 valence electrons. The summed E-state index contributed by atoms with van der Waals surface area (Å²) in [5.41, 5.74) is 3.67. The van der Waals surface area contributed by atoms with Gasteiger partial charge >= 0.3 is 0 Å². The van der Waals surface area contributed by atoms with Crippen LogP contribution in [0, 0.1) is 13.8 Å². The third kappa shape index (κ3) is 3.91. The van der Waals surface area contributed by atoms with E-state index in [-0.39, 0.29) is 19.0 Å². The van der Waals surface area contributed by atoms with Crippen LogP contribution < -0.4 is 0 Å². The Morgan fingerprint density at radius 1 is 0.867 bits per heavy atom. The smallest absolute Gasteiger partial charge is 0.254 e. The van der Waals surface area contributed by atoms with Gasteiger partial charge in [-0.3, -0.25) is 4.79 Å². The fourth-order valence-corrected chi connectivity index (χ4v) is 5.11. The summed E-state index contributed by atoms with van der Waals surface area (Å²) in [6.07, 6.45) is 3.90. The number of hydrogen-bond acceptors (Lipinski definition) is 3. The lowest BCUT2D eigenvalue weighted by Crippen LogP contribution is -2.50. The van der Waals surface area contributed by atoms with Gasteiger partial charge in [-0.15, -0.1) is 0 Å². The molecule has 30 heavy (non-hydrogen) atoms. The average molecular weight is 424 g/mol. The van der Waals surface area contributed by atoms with Crippen molar-refractivity contribution in [1.29, 1.82) is 0 Å². The second-order valence-electron chi connectivity index (χ2n) is 7.60. The SMILES string of the molecule is Cc1ccc(S(=O)(=O)N2CCN(C(=O)c3ccc(C)c(-n4cccc4)c3)CC2)cc1. The lowest BCUT2D eigenvalue weighted by Gasteiger charge is -2.34.